The number of nitrogens with two attached hydrogens (primary N) is 1. The van der Waals surface area contributed by atoms with Gasteiger partial charge < -0.3 is 11.1 Å². The zero-order valence-corrected chi connectivity index (χ0v) is 6.45. The number of amides is 1. The summed E-state index contributed by atoms with van der Waals surface area (Å²) in [5, 5.41) is 2.48. The van der Waals surface area contributed by atoms with E-state index in [0.29, 0.717) is 0 Å². The summed E-state index contributed by atoms with van der Waals surface area (Å²) in [5.74, 6) is -0.568. The molecule has 0 fully saturated rings. The molecule has 12 heavy (non-hydrogen) atoms. The Bertz CT molecular complexity index is 146. The van der Waals surface area contributed by atoms with Crippen molar-refractivity contribution in [2.24, 2.45) is 5.73 Å². The summed E-state index contributed by atoms with van der Waals surface area (Å²) >= 11 is 0. The van der Waals surface area contributed by atoms with Crippen molar-refractivity contribution in [3.63, 3.8) is 0 Å². The fraction of sp³-hybridized carbons (Fsp3) is 0.833. The van der Waals surface area contributed by atoms with E-state index in [1.807, 2.05) is 0 Å². The smallest absolute Gasteiger partial charge is 0.369 e. The van der Waals surface area contributed by atoms with Crippen molar-refractivity contribution < 1.29 is 18.0 Å². The molecule has 0 heterocycles. The zero-order valence-electron chi connectivity index (χ0n) is 6.45. The van der Waals surface area contributed by atoms with Gasteiger partial charge in [-0.1, -0.05) is 0 Å². The van der Waals surface area contributed by atoms with Gasteiger partial charge in [0, 0.05) is 6.42 Å². The third kappa shape index (κ3) is 9.22. The first-order valence-electron chi connectivity index (χ1n) is 3.47. The van der Waals surface area contributed by atoms with E-state index in [1.165, 1.54) is 0 Å². The summed E-state index contributed by atoms with van der Waals surface area (Å²) in [5.41, 5.74) is 4.74. The maximum Gasteiger partial charge on any atom is 0.389 e. The topological polar surface area (TPSA) is 55.1 Å². The molecule has 0 bridgehead atoms. The molecule has 0 radical (unpaired) electrons. The van der Waals surface area contributed by atoms with Gasteiger partial charge in [0.25, 0.3) is 0 Å². The molecule has 3 nitrogen and oxygen atoms in total. The quantitative estimate of drug-likeness (QED) is 0.608. The highest BCUT2D eigenvalue weighted by molar-refractivity contribution is 5.75. The molecular formula is C6H11F3N2O. The fourth-order valence-corrected chi connectivity index (χ4v) is 0.625. The molecule has 0 atom stereocenters. The number of hydrogen-bond donors (Lipinski definition) is 2. The molecular weight excluding hydrogens is 173 g/mol. The van der Waals surface area contributed by atoms with Crippen molar-refractivity contribution in [1.29, 1.82) is 0 Å². The molecule has 3 N–H and O–H groups in total. The summed E-state index contributed by atoms with van der Waals surface area (Å²) in [7, 11) is 0. The van der Waals surface area contributed by atoms with Crippen LogP contribution in [0.3, 0.4) is 0 Å². The second-order valence-corrected chi connectivity index (χ2v) is 2.36. The Morgan fingerprint density at radius 2 is 2.00 bits per heavy atom. The standard InChI is InChI=1S/C6H11F3N2O/c7-6(8,9)2-1-3-11-4-5(10)12/h11H,1-4H2,(H2,10,12). The third-order valence-electron chi connectivity index (χ3n) is 1.11. The first-order valence-corrected chi connectivity index (χ1v) is 3.47. The van der Waals surface area contributed by atoms with Crippen molar-refractivity contribution in [2.45, 2.75) is 19.0 Å². The molecule has 72 valence electrons. The lowest BCUT2D eigenvalue weighted by Gasteiger charge is -2.05. The van der Waals surface area contributed by atoms with Gasteiger partial charge in [-0.3, -0.25) is 4.79 Å². The van der Waals surface area contributed by atoms with E-state index >= 15 is 0 Å². The molecule has 0 rings (SSSR count). The highest BCUT2D eigenvalue weighted by atomic mass is 19.4. The Labute approximate surface area is 68.1 Å². The van der Waals surface area contributed by atoms with Crippen molar-refractivity contribution in [2.75, 3.05) is 13.1 Å². The molecule has 0 saturated heterocycles. The van der Waals surface area contributed by atoms with Crippen LogP contribution in [0.25, 0.3) is 0 Å². The van der Waals surface area contributed by atoms with E-state index in [2.05, 4.69) is 5.32 Å². The van der Waals surface area contributed by atoms with E-state index in [1.54, 1.807) is 0 Å². The largest absolute Gasteiger partial charge is 0.389 e. The van der Waals surface area contributed by atoms with Gasteiger partial charge in [-0.05, 0) is 13.0 Å². The van der Waals surface area contributed by atoms with Crippen LogP contribution in [0.4, 0.5) is 13.2 Å². The predicted octanol–water partition coefficient (Wildman–Crippen LogP) is 0.404. The number of hydrogen-bond acceptors (Lipinski definition) is 2. The highest BCUT2D eigenvalue weighted by Gasteiger charge is 2.25. The molecule has 0 aromatic rings. The normalized spacial score (nSPS) is 11.6. The van der Waals surface area contributed by atoms with Gasteiger partial charge in [-0.2, -0.15) is 13.2 Å². The van der Waals surface area contributed by atoms with Crippen LogP contribution in [0.5, 0.6) is 0 Å². The van der Waals surface area contributed by atoms with Crippen LogP contribution in [0.15, 0.2) is 0 Å². The third-order valence-corrected chi connectivity index (χ3v) is 1.11. The Morgan fingerprint density at radius 3 is 2.42 bits per heavy atom. The number of rotatable bonds is 5. The van der Waals surface area contributed by atoms with E-state index in [-0.39, 0.29) is 19.5 Å². The van der Waals surface area contributed by atoms with Crippen LogP contribution in [0.2, 0.25) is 0 Å². The maximum atomic E-state index is 11.5. The average Bonchev–Trinajstić information content (AvgIpc) is 1.83. The molecule has 0 aliphatic carbocycles. The molecule has 0 aliphatic heterocycles. The second kappa shape index (κ2) is 4.97. The van der Waals surface area contributed by atoms with Crippen LogP contribution < -0.4 is 11.1 Å². The Kier molecular flexibility index (Phi) is 4.65. The minimum absolute atomic E-state index is 0.0310. The van der Waals surface area contributed by atoms with Crippen molar-refractivity contribution in [3.8, 4) is 0 Å². The average molecular weight is 184 g/mol. The van der Waals surface area contributed by atoms with Gasteiger partial charge in [0.05, 0.1) is 6.54 Å². The number of halogens is 3. The first kappa shape index (κ1) is 11.2. The zero-order chi connectivity index (χ0) is 9.61. The molecule has 0 aromatic heterocycles. The van der Waals surface area contributed by atoms with Crippen LogP contribution >= 0.6 is 0 Å². The van der Waals surface area contributed by atoms with E-state index in [4.69, 9.17) is 5.73 Å². The number of alkyl halides is 3. The van der Waals surface area contributed by atoms with Crippen molar-refractivity contribution in [1.82, 2.24) is 5.32 Å². The second-order valence-electron chi connectivity index (χ2n) is 2.36. The van der Waals surface area contributed by atoms with Crippen LogP contribution in [-0.4, -0.2) is 25.2 Å². The molecule has 0 aromatic carbocycles. The molecule has 0 spiro atoms. The summed E-state index contributed by atoms with van der Waals surface area (Å²) in [4.78, 5) is 10.1. The van der Waals surface area contributed by atoms with Gasteiger partial charge in [0.15, 0.2) is 0 Å². The van der Waals surface area contributed by atoms with Gasteiger partial charge in [0.2, 0.25) is 5.91 Å². The lowest BCUT2D eigenvalue weighted by Crippen LogP contribution is -2.29. The molecule has 6 heteroatoms. The Morgan fingerprint density at radius 1 is 1.42 bits per heavy atom. The summed E-state index contributed by atoms with van der Waals surface area (Å²) in [6, 6.07) is 0. The molecule has 0 unspecified atom stereocenters. The minimum Gasteiger partial charge on any atom is -0.369 e. The number of carbonyl (C=O) groups excluding carboxylic acids is 1. The van der Waals surface area contributed by atoms with E-state index < -0.39 is 18.5 Å². The number of nitrogens with one attached hydrogen (secondary N) is 1. The van der Waals surface area contributed by atoms with Crippen molar-refractivity contribution >= 4 is 5.91 Å². The summed E-state index contributed by atoms with van der Waals surface area (Å²) < 4.78 is 34.6. The fourth-order valence-electron chi connectivity index (χ4n) is 0.625. The van der Waals surface area contributed by atoms with Gasteiger partial charge in [-0.15, -0.1) is 0 Å². The Hall–Kier alpha value is -0.780. The lowest BCUT2D eigenvalue weighted by molar-refractivity contribution is -0.135. The molecule has 0 saturated carbocycles. The SMILES string of the molecule is NC(=O)CNCCCC(F)(F)F. The van der Waals surface area contributed by atoms with E-state index in [0.717, 1.165) is 0 Å². The van der Waals surface area contributed by atoms with Crippen LogP contribution in [0, 0.1) is 0 Å². The van der Waals surface area contributed by atoms with Gasteiger partial charge in [0.1, 0.15) is 0 Å². The Balaban J connectivity index is 3.17. The summed E-state index contributed by atoms with van der Waals surface area (Å²) in [6.45, 7) is 0.0836. The van der Waals surface area contributed by atoms with Crippen LogP contribution in [0.1, 0.15) is 12.8 Å². The molecule has 1 amide bonds. The predicted molar refractivity (Wildman–Crippen MR) is 37.4 cm³/mol. The number of carbonyl (C=O) groups is 1. The van der Waals surface area contributed by atoms with Crippen LogP contribution in [-0.2, 0) is 4.79 Å². The highest BCUT2D eigenvalue weighted by Crippen LogP contribution is 2.20. The van der Waals surface area contributed by atoms with Gasteiger partial charge in [-0.25, -0.2) is 0 Å². The lowest BCUT2D eigenvalue weighted by atomic mass is 10.3. The van der Waals surface area contributed by atoms with Gasteiger partial charge >= 0.3 is 6.18 Å². The van der Waals surface area contributed by atoms with E-state index in [9.17, 15) is 18.0 Å². The first-order chi connectivity index (χ1) is 5.42. The van der Waals surface area contributed by atoms with Crippen molar-refractivity contribution in [3.05, 3.63) is 0 Å². The number of primary amides is 1. The minimum atomic E-state index is -4.12. The maximum absolute atomic E-state index is 11.5. The monoisotopic (exact) mass is 184 g/mol. The molecule has 0 aliphatic rings. The summed E-state index contributed by atoms with van der Waals surface area (Å²) in [6.07, 6.45) is -4.98.